The fraction of sp³-hybridized carbons (Fsp3) is 0.400. The molecule has 0 aliphatic carbocycles. The van der Waals surface area contributed by atoms with Gasteiger partial charge in [-0.2, -0.15) is 0 Å². The molecular formula is C15H20N2O. The molecular weight excluding hydrogens is 224 g/mol. The van der Waals surface area contributed by atoms with E-state index in [-0.39, 0.29) is 12.5 Å². The summed E-state index contributed by atoms with van der Waals surface area (Å²) in [4.78, 5) is 7.94. The van der Waals surface area contributed by atoms with Crippen LogP contribution < -0.4 is 0 Å². The van der Waals surface area contributed by atoms with Gasteiger partial charge in [-0.15, -0.1) is 0 Å². The van der Waals surface area contributed by atoms with E-state index in [4.69, 9.17) is 0 Å². The van der Waals surface area contributed by atoms with E-state index in [1.54, 1.807) is 0 Å². The number of benzene rings is 1. The van der Waals surface area contributed by atoms with Crippen molar-refractivity contribution in [2.24, 2.45) is 0 Å². The van der Waals surface area contributed by atoms with Gasteiger partial charge in [0.2, 0.25) is 0 Å². The average Bonchev–Trinajstić information content (AvgIpc) is 2.73. The molecule has 2 N–H and O–H groups in total. The maximum absolute atomic E-state index is 9.33. The van der Waals surface area contributed by atoms with Crippen LogP contribution >= 0.6 is 0 Å². The van der Waals surface area contributed by atoms with Gasteiger partial charge in [-0.05, 0) is 26.3 Å². The van der Waals surface area contributed by atoms with Gasteiger partial charge in [0.05, 0.1) is 12.3 Å². The standard InChI is InChI=1S/C15H20N2O/c1-4-12(9-18)15-16-11(3)14(17-15)13-7-5-6-10(2)8-13/h5-8,12,18H,4,9H2,1-3H3,(H,16,17). The molecule has 0 fully saturated rings. The van der Waals surface area contributed by atoms with Crippen molar-refractivity contribution in [2.45, 2.75) is 33.1 Å². The molecule has 96 valence electrons. The van der Waals surface area contributed by atoms with Crippen LogP contribution in [-0.2, 0) is 0 Å². The molecule has 2 rings (SSSR count). The highest BCUT2D eigenvalue weighted by molar-refractivity contribution is 5.62. The van der Waals surface area contributed by atoms with Crippen molar-refractivity contribution >= 4 is 0 Å². The molecule has 0 spiro atoms. The average molecular weight is 244 g/mol. The number of aryl methyl sites for hydroxylation is 2. The molecule has 1 heterocycles. The van der Waals surface area contributed by atoms with Crippen LogP contribution in [0.4, 0.5) is 0 Å². The Kier molecular flexibility index (Phi) is 3.82. The quantitative estimate of drug-likeness (QED) is 0.867. The highest BCUT2D eigenvalue weighted by Crippen LogP contribution is 2.25. The Morgan fingerprint density at radius 1 is 1.33 bits per heavy atom. The summed E-state index contributed by atoms with van der Waals surface area (Å²) < 4.78 is 0. The Morgan fingerprint density at radius 2 is 2.11 bits per heavy atom. The Balaban J connectivity index is 2.40. The Bertz CT molecular complexity index is 527. The lowest BCUT2D eigenvalue weighted by Gasteiger charge is -2.06. The van der Waals surface area contributed by atoms with Crippen molar-refractivity contribution in [1.29, 1.82) is 0 Å². The summed E-state index contributed by atoms with van der Waals surface area (Å²) in [5, 5.41) is 9.33. The van der Waals surface area contributed by atoms with Crippen molar-refractivity contribution in [1.82, 2.24) is 9.97 Å². The van der Waals surface area contributed by atoms with Crippen molar-refractivity contribution < 1.29 is 5.11 Å². The third kappa shape index (κ3) is 2.46. The minimum Gasteiger partial charge on any atom is -0.396 e. The SMILES string of the molecule is CCC(CO)c1nc(-c2cccc(C)c2)c(C)[nH]1. The molecule has 18 heavy (non-hydrogen) atoms. The smallest absolute Gasteiger partial charge is 0.112 e. The Hall–Kier alpha value is -1.61. The molecule has 1 aromatic carbocycles. The zero-order valence-electron chi connectivity index (χ0n) is 11.2. The molecule has 0 aliphatic heterocycles. The fourth-order valence-corrected chi connectivity index (χ4v) is 2.16. The molecule has 1 atom stereocenters. The number of hydrogen-bond acceptors (Lipinski definition) is 2. The van der Waals surface area contributed by atoms with Crippen LogP contribution in [0.5, 0.6) is 0 Å². The molecule has 0 radical (unpaired) electrons. The normalized spacial score (nSPS) is 12.7. The third-order valence-electron chi connectivity index (χ3n) is 3.29. The van der Waals surface area contributed by atoms with E-state index in [1.807, 2.05) is 13.0 Å². The number of aromatic amines is 1. The van der Waals surface area contributed by atoms with Crippen LogP contribution in [0.1, 0.15) is 36.3 Å². The zero-order valence-corrected chi connectivity index (χ0v) is 11.2. The first-order valence-electron chi connectivity index (χ1n) is 6.40. The predicted octanol–water partition coefficient (Wildman–Crippen LogP) is 3.18. The van der Waals surface area contributed by atoms with Crippen molar-refractivity contribution in [3.63, 3.8) is 0 Å². The molecule has 0 aliphatic rings. The molecule has 1 unspecified atom stereocenters. The van der Waals surface area contributed by atoms with E-state index in [2.05, 4.69) is 42.0 Å². The summed E-state index contributed by atoms with van der Waals surface area (Å²) in [6.07, 6.45) is 0.886. The van der Waals surface area contributed by atoms with E-state index in [1.165, 1.54) is 5.56 Å². The first-order chi connectivity index (χ1) is 8.65. The van der Waals surface area contributed by atoms with E-state index >= 15 is 0 Å². The lowest BCUT2D eigenvalue weighted by molar-refractivity contribution is 0.258. The van der Waals surface area contributed by atoms with E-state index in [0.717, 1.165) is 29.2 Å². The zero-order chi connectivity index (χ0) is 13.1. The highest BCUT2D eigenvalue weighted by atomic mass is 16.3. The molecule has 3 nitrogen and oxygen atoms in total. The summed E-state index contributed by atoms with van der Waals surface area (Å²) in [5.74, 6) is 0.983. The van der Waals surface area contributed by atoms with Crippen LogP contribution in [0, 0.1) is 13.8 Å². The van der Waals surface area contributed by atoms with E-state index in [9.17, 15) is 5.11 Å². The first kappa shape index (κ1) is 12.8. The molecule has 0 saturated carbocycles. The number of hydrogen-bond donors (Lipinski definition) is 2. The van der Waals surface area contributed by atoms with Gasteiger partial charge in [-0.25, -0.2) is 4.98 Å². The number of nitrogens with zero attached hydrogens (tertiary/aromatic N) is 1. The topological polar surface area (TPSA) is 48.9 Å². The predicted molar refractivity (Wildman–Crippen MR) is 73.6 cm³/mol. The van der Waals surface area contributed by atoms with Crippen LogP contribution in [0.2, 0.25) is 0 Å². The minimum absolute atomic E-state index is 0.0993. The van der Waals surface area contributed by atoms with Crippen LogP contribution in [-0.4, -0.2) is 21.7 Å². The second kappa shape index (κ2) is 5.36. The summed E-state index contributed by atoms with van der Waals surface area (Å²) in [6.45, 7) is 6.30. The lowest BCUT2D eigenvalue weighted by atomic mass is 10.1. The second-order valence-corrected chi connectivity index (χ2v) is 4.75. The van der Waals surface area contributed by atoms with Gasteiger partial charge in [-0.3, -0.25) is 0 Å². The molecule has 3 heteroatoms. The van der Waals surface area contributed by atoms with Gasteiger partial charge in [0.15, 0.2) is 0 Å². The summed E-state index contributed by atoms with van der Waals surface area (Å²) in [5.41, 5.74) is 4.40. The summed E-state index contributed by atoms with van der Waals surface area (Å²) in [7, 11) is 0. The molecule has 2 aromatic rings. The van der Waals surface area contributed by atoms with Gasteiger partial charge < -0.3 is 10.1 Å². The van der Waals surface area contributed by atoms with Gasteiger partial charge in [0, 0.05) is 17.2 Å². The fourth-order valence-electron chi connectivity index (χ4n) is 2.16. The third-order valence-corrected chi connectivity index (χ3v) is 3.29. The molecule has 1 aromatic heterocycles. The van der Waals surface area contributed by atoms with E-state index < -0.39 is 0 Å². The second-order valence-electron chi connectivity index (χ2n) is 4.75. The van der Waals surface area contributed by atoms with Crippen LogP contribution in [0.25, 0.3) is 11.3 Å². The van der Waals surface area contributed by atoms with Gasteiger partial charge >= 0.3 is 0 Å². The van der Waals surface area contributed by atoms with Gasteiger partial charge in [0.25, 0.3) is 0 Å². The van der Waals surface area contributed by atoms with Crippen LogP contribution in [0.3, 0.4) is 0 Å². The maximum atomic E-state index is 9.33. The van der Waals surface area contributed by atoms with Gasteiger partial charge in [-0.1, -0.05) is 30.7 Å². The Labute approximate surface area is 108 Å². The number of nitrogens with one attached hydrogen (secondary N) is 1. The Morgan fingerprint density at radius 3 is 2.72 bits per heavy atom. The monoisotopic (exact) mass is 244 g/mol. The molecule has 0 bridgehead atoms. The van der Waals surface area contributed by atoms with Crippen LogP contribution in [0.15, 0.2) is 24.3 Å². The number of imidazole rings is 1. The minimum atomic E-state index is 0.0993. The number of aliphatic hydroxyl groups excluding tert-OH is 1. The number of H-pyrrole nitrogens is 1. The largest absolute Gasteiger partial charge is 0.396 e. The number of aromatic nitrogens is 2. The van der Waals surface area contributed by atoms with Crippen molar-refractivity contribution in [2.75, 3.05) is 6.61 Å². The van der Waals surface area contributed by atoms with E-state index in [0.29, 0.717) is 0 Å². The molecule has 0 saturated heterocycles. The summed E-state index contributed by atoms with van der Waals surface area (Å²) in [6, 6.07) is 8.32. The van der Waals surface area contributed by atoms with Crippen molar-refractivity contribution in [3.05, 3.63) is 41.3 Å². The highest BCUT2D eigenvalue weighted by Gasteiger charge is 2.15. The van der Waals surface area contributed by atoms with Gasteiger partial charge in [0.1, 0.15) is 5.82 Å². The lowest BCUT2D eigenvalue weighted by Crippen LogP contribution is -2.04. The number of aliphatic hydroxyl groups is 1. The first-order valence-corrected chi connectivity index (χ1v) is 6.40. The molecule has 0 amide bonds. The summed E-state index contributed by atoms with van der Waals surface area (Å²) >= 11 is 0. The maximum Gasteiger partial charge on any atom is 0.112 e. The van der Waals surface area contributed by atoms with Crippen molar-refractivity contribution in [3.8, 4) is 11.3 Å². The number of rotatable bonds is 4.